The largest absolute Gasteiger partial charge is 0.441 e. The first-order valence-electron chi connectivity index (χ1n) is 5.47. The van der Waals surface area contributed by atoms with Crippen LogP contribution in [0.2, 0.25) is 0 Å². The summed E-state index contributed by atoms with van der Waals surface area (Å²) in [4.78, 5) is 15.9. The molecule has 1 aromatic heterocycles. The Bertz CT molecular complexity index is 594. The van der Waals surface area contributed by atoms with Crippen LogP contribution in [0.15, 0.2) is 34.7 Å². The number of benzene rings is 1. The molecule has 1 amide bonds. The lowest BCUT2D eigenvalue weighted by Gasteiger charge is -1.96. The molecule has 18 heavy (non-hydrogen) atoms. The normalized spacial score (nSPS) is 9.78. The van der Waals surface area contributed by atoms with Crippen LogP contribution in [0, 0.1) is 19.3 Å². The standard InChI is InChI=1S/C14H12N2O2/c1-3-9-15-13(17)12-10(2)18-14(16-12)11-7-5-4-6-8-11/h1,4-8H,9H2,2H3,(H,15,17). The summed E-state index contributed by atoms with van der Waals surface area (Å²) in [5.74, 6) is 2.92. The molecule has 1 heterocycles. The van der Waals surface area contributed by atoms with E-state index in [2.05, 4.69) is 16.2 Å². The van der Waals surface area contributed by atoms with Crippen LogP contribution in [-0.2, 0) is 0 Å². The van der Waals surface area contributed by atoms with E-state index in [1.54, 1.807) is 6.92 Å². The fourth-order valence-electron chi connectivity index (χ4n) is 1.53. The molecule has 0 aliphatic heterocycles. The van der Waals surface area contributed by atoms with E-state index in [9.17, 15) is 4.79 Å². The summed E-state index contributed by atoms with van der Waals surface area (Å²) in [7, 11) is 0. The topological polar surface area (TPSA) is 55.1 Å². The molecular weight excluding hydrogens is 228 g/mol. The first kappa shape index (κ1) is 11.9. The Kier molecular flexibility index (Phi) is 3.44. The fourth-order valence-corrected chi connectivity index (χ4v) is 1.53. The number of nitrogens with one attached hydrogen (secondary N) is 1. The van der Waals surface area contributed by atoms with Crippen LogP contribution in [0.3, 0.4) is 0 Å². The summed E-state index contributed by atoms with van der Waals surface area (Å²) in [6, 6.07) is 9.41. The van der Waals surface area contributed by atoms with Gasteiger partial charge in [-0.05, 0) is 19.1 Å². The second kappa shape index (κ2) is 5.19. The molecule has 2 aromatic rings. The predicted molar refractivity (Wildman–Crippen MR) is 67.8 cm³/mol. The second-order valence-corrected chi connectivity index (χ2v) is 3.68. The predicted octanol–water partition coefficient (Wildman–Crippen LogP) is 2.01. The Morgan fingerprint density at radius 2 is 2.17 bits per heavy atom. The number of amides is 1. The zero-order valence-electron chi connectivity index (χ0n) is 9.93. The van der Waals surface area contributed by atoms with Crippen LogP contribution >= 0.6 is 0 Å². The number of carbonyl (C=O) groups is 1. The van der Waals surface area contributed by atoms with Crippen molar-refractivity contribution in [3.05, 3.63) is 41.8 Å². The first-order valence-corrected chi connectivity index (χ1v) is 5.47. The van der Waals surface area contributed by atoms with Crippen molar-refractivity contribution in [2.24, 2.45) is 0 Å². The third-order valence-electron chi connectivity index (χ3n) is 2.38. The van der Waals surface area contributed by atoms with Crippen LogP contribution in [0.4, 0.5) is 0 Å². The molecule has 0 spiro atoms. The van der Waals surface area contributed by atoms with Crippen molar-refractivity contribution in [1.29, 1.82) is 0 Å². The minimum atomic E-state index is -0.323. The average molecular weight is 240 g/mol. The monoisotopic (exact) mass is 240 g/mol. The van der Waals surface area contributed by atoms with E-state index >= 15 is 0 Å². The zero-order chi connectivity index (χ0) is 13.0. The van der Waals surface area contributed by atoms with Gasteiger partial charge >= 0.3 is 0 Å². The van der Waals surface area contributed by atoms with E-state index in [-0.39, 0.29) is 18.1 Å². The van der Waals surface area contributed by atoms with Crippen molar-refractivity contribution in [2.75, 3.05) is 6.54 Å². The highest BCUT2D eigenvalue weighted by molar-refractivity contribution is 5.93. The molecule has 0 bridgehead atoms. The van der Waals surface area contributed by atoms with Gasteiger partial charge in [0.1, 0.15) is 5.76 Å². The van der Waals surface area contributed by atoms with Gasteiger partial charge in [-0.1, -0.05) is 24.1 Å². The maximum Gasteiger partial charge on any atom is 0.274 e. The Morgan fingerprint density at radius 3 is 2.83 bits per heavy atom. The molecule has 4 nitrogen and oxygen atoms in total. The third kappa shape index (κ3) is 2.41. The van der Waals surface area contributed by atoms with E-state index in [0.29, 0.717) is 11.7 Å². The summed E-state index contributed by atoms with van der Waals surface area (Å²) in [6.45, 7) is 1.87. The number of hydrogen-bond acceptors (Lipinski definition) is 3. The number of carbonyl (C=O) groups excluding carboxylic acids is 1. The van der Waals surface area contributed by atoms with Crippen molar-refractivity contribution in [3.8, 4) is 23.8 Å². The van der Waals surface area contributed by atoms with E-state index in [0.717, 1.165) is 5.56 Å². The summed E-state index contributed by atoms with van der Waals surface area (Å²) in [6.07, 6.45) is 5.08. The number of nitrogens with zero attached hydrogens (tertiary/aromatic N) is 1. The Labute approximate surface area is 105 Å². The number of rotatable bonds is 3. The lowest BCUT2D eigenvalue weighted by molar-refractivity contribution is 0.0953. The van der Waals surface area contributed by atoms with Gasteiger partial charge in [-0.3, -0.25) is 4.79 Å². The highest BCUT2D eigenvalue weighted by Gasteiger charge is 2.17. The van der Waals surface area contributed by atoms with Crippen LogP contribution in [0.5, 0.6) is 0 Å². The second-order valence-electron chi connectivity index (χ2n) is 3.68. The van der Waals surface area contributed by atoms with Crippen molar-refractivity contribution in [2.45, 2.75) is 6.92 Å². The molecule has 0 radical (unpaired) electrons. The summed E-state index contributed by atoms with van der Waals surface area (Å²) >= 11 is 0. The summed E-state index contributed by atoms with van der Waals surface area (Å²) in [5, 5.41) is 2.56. The number of aromatic nitrogens is 1. The van der Waals surface area contributed by atoms with Crippen LogP contribution in [-0.4, -0.2) is 17.4 Å². The minimum absolute atomic E-state index is 0.172. The Hall–Kier alpha value is -2.54. The van der Waals surface area contributed by atoms with Crippen molar-refractivity contribution in [3.63, 3.8) is 0 Å². The van der Waals surface area contributed by atoms with Gasteiger partial charge in [0, 0.05) is 5.56 Å². The molecule has 0 atom stereocenters. The number of terminal acetylenes is 1. The SMILES string of the molecule is C#CCNC(=O)c1nc(-c2ccccc2)oc1C. The number of aryl methyl sites for hydroxylation is 1. The third-order valence-corrected chi connectivity index (χ3v) is 2.38. The maximum atomic E-state index is 11.7. The molecule has 2 rings (SSSR count). The molecule has 0 unspecified atom stereocenters. The van der Waals surface area contributed by atoms with Gasteiger partial charge in [-0.15, -0.1) is 6.42 Å². The molecular formula is C14H12N2O2. The van der Waals surface area contributed by atoms with E-state index in [1.807, 2.05) is 30.3 Å². The number of oxazole rings is 1. The van der Waals surface area contributed by atoms with E-state index < -0.39 is 0 Å². The molecule has 0 aliphatic carbocycles. The molecule has 0 saturated heterocycles. The van der Waals surface area contributed by atoms with E-state index in [1.165, 1.54) is 0 Å². The molecule has 90 valence electrons. The maximum absolute atomic E-state index is 11.7. The molecule has 1 N–H and O–H groups in total. The Balaban J connectivity index is 2.28. The number of hydrogen-bond donors (Lipinski definition) is 1. The zero-order valence-corrected chi connectivity index (χ0v) is 9.93. The molecule has 0 saturated carbocycles. The fraction of sp³-hybridized carbons (Fsp3) is 0.143. The lowest BCUT2D eigenvalue weighted by atomic mass is 10.2. The quantitative estimate of drug-likeness (QED) is 0.835. The van der Waals surface area contributed by atoms with Crippen molar-refractivity contribution < 1.29 is 9.21 Å². The summed E-state index contributed by atoms with van der Waals surface area (Å²) < 4.78 is 5.48. The molecule has 0 fully saturated rings. The van der Waals surface area contributed by atoms with Gasteiger partial charge in [0.25, 0.3) is 5.91 Å². The lowest BCUT2D eigenvalue weighted by Crippen LogP contribution is -2.24. The van der Waals surface area contributed by atoms with Gasteiger partial charge in [0.2, 0.25) is 5.89 Å². The Morgan fingerprint density at radius 1 is 1.44 bits per heavy atom. The molecule has 4 heteroatoms. The highest BCUT2D eigenvalue weighted by Crippen LogP contribution is 2.21. The van der Waals surface area contributed by atoms with Gasteiger partial charge in [0.15, 0.2) is 5.69 Å². The molecule has 0 aliphatic rings. The van der Waals surface area contributed by atoms with Crippen LogP contribution < -0.4 is 5.32 Å². The van der Waals surface area contributed by atoms with Gasteiger partial charge in [-0.2, -0.15) is 0 Å². The van der Waals surface area contributed by atoms with Crippen LogP contribution in [0.1, 0.15) is 16.2 Å². The highest BCUT2D eigenvalue weighted by atomic mass is 16.4. The summed E-state index contributed by atoms with van der Waals surface area (Å²) in [5.41, 5.74) is 1.10. The van der Waals surface area contributed by atoms with E-state index in [4.69, 9.17) is 10.8 Å². The average Bonchev–Trinajstić information content (AvgIpc) is 2.79. The molecule has 1 aromatic carbocycles. The van der Waals surface area contributed by atoms with Crippen molar-refractivity contribution >= 4 is 5.91 Å². The van der Waals surface area contributed by atoms with Gasteiger partial charge in [-0.25, -0.2) is 4.98 Å². The smallest absolute Gasteiger partial charge is 0.274 e. The van der Waals surface area contributed by atoms with Crippen LogP contribution in [0.25, 0.3) is 11.5 Å². The first-order chi connectivity index (χ1) is 8.72. The van der Waals surface area contributed by atoms with Gasteiger partial charge in [0.05, 0.1) is 6.54 Å². The van der Waals surface area contributed by atoms with Crippen molar-refractivity contribution in [1.82, 2.24) is 10.3 Å². The minimum Gasteiger partial charge on any atom is -0.441 e. The van der Waals surface area contributed by atoms with Gasteiger partial charge < -0.3 is 9.73 Å².